The Bertz CT molecular complexity index is 323. The van der Waals surface area contributed by atoms with E-state index >= 15 is 0 Å². The lowest BCUT2D eigenvalue weighted by molar-refractivity contribution is 0.152. The van der Waals surface area contributed by atoms with Crippen LogP contribution in [0.15, 0.2) is 18.3 Å². The third-order valence-electron chi connectivity index (χ3n) is 3.33. The number of piperidine rings is 1. The highest BCUT2D eigenvalue weighted by atomic mass is 16.5. The first-order chi connectivity index (χ1) is 7.79. The maximum atomic E-state index is 5.06. The molecule has 0 bridgehead atoms. The number of pyridine rings is 1. The lowest BCUT2D eigenvalue weighted by Crippen LogP contribution is -2.36. The van der Waals surface area contributed by atoms with Gasteiger partial charge in [-0.2, -0.15) is 0 Å². The molecule has 1 aliphatic heterocycles. The molecule has 0 radical (unpaired) electrons. The summed E-state index contributed by atoms with van der Waals surface area (Å²) < 4.78 is 5.06. The molecule has 0 aromatic carbocycles. The molecule has 0 saturated carbocycles. The maximum Gasteiger partial charge on any atom is 0.212 e. The van der Waals surface area contributed by atoms with Crippen LogP contribution in [0, 0.1) is 0 Å². The van der Waals surface area contributed by atoms with E-state index in [1.54, 1.807) is 7.11 Å². The SMILES string of the molecule is COc1ccc(CN2CCCCC2C)cn1. The molecule has 2 heterocycles. The van der Waals surface area contributed by atoms with E-state index in [0.29, 0.717) is 11.9 Å². The molecule has 1 atom stereocenters. The summed E-state index contributed by atoms with van der Waals surface area (Å²) in [5.41, 5.74) is 1.27. The number of rotatable bonds is 3. The molecule has 1 unspecified atom stereocenters. The number of methoxy groups -OCH3 is 1. The minimum absolute atomic E-state index is 0.690. The van der Waals surface area contributed by atoms with Crippen molar-refractivity contribution in [1.82, 2.24) is 9.88 Å². The molecule has 3 heteroatoms. The number of hydrogen-bond donors (Lipinski definition) is 0. The van der Waals surface area contributed by atoms with Crippen molar-refractivity contribution in [3.63, 3.8) is 0 Å². The molecular weight excluding hydrogens is 200 g/mol. The summed E-state index contributed by atoms with van der Waals surface area (Å²) in [6.45, 7) is 4.54. The third-order valence-corrected chi connectivity index (χ3v) is 3.33. The van der Waals surface area contributed by atoms with Gasteiger partial charge in [-0.3, -0.25) is 4.90 Å². The van der Waals surface area contributed by atoms with Crippen LogP contribution in [0.1, 0.15) is 31.7 Å². The Hall–Kier alpha value is -1.09. The van der Waals surface area contributed by atoms with Gasteiger partial charge in [-0.1, -0.05) is 12.5 Å². The standard InChI is InChI=1S/C13H20N2O/c1-11-5-3-4-8-15(11)10-12-6-7-13(16-2)14-9-12/h6-7,9,11H,3-5,8,10H2,1-2H3. The molecule has 0 aliphatic carbocycles. The molecule has 1 fully saturated rings. The van der Waals surface area contributed by atoms with Crippen molar-refractivity contribution in [2.45, 2.75) is 38.8 Å². The zero-order valence-electron chi connectivity index (χ0n) is 10.1. The number of nitrogens with zero attached hydrogens (tertiary/aromatic N) is 2. The Kier molecular flexibility index (Phi) is 3.78. The Balaban J connectivity index is 1.96. The molecule has 3 nitrogen and oxygen atoms in total. The molecule has 1 aromatic rings. The Morgan fingerprint density at radius 1 is 1.44 bits per heavy atom. The van der Waals surface area contributed by atoms with Gasteiger partial charge in [0, 0.05) is 24.8 Å². The minimum atomic E-state index is 0.690. The lowest BCUT2D eigenvalue weighted by atomic mass is 10.0. The summed E-state index contributed by atoms with van der Waals surface area (Å²) in [5.74, 6) is 0.690. The Morgan fingerprint density at radius 2 is 2.31 bits per heavy atom. The third kappa shape index (κ3) is 2.73. The Morgan fingerprint density at radius 3 is 2.94 bits per heavy atom. The van der Waals surface area contributed by atoms with Gasteiger partial charge < -0.3 is 4.74 Å². The predicted octanol–water partition coefficient (Wildman–Crippen LogP) is 2.46. The van der Waals surface area contributed by atoms with Gasteiger partial charge >= 0.3 is 0 Å². The van der Waals surface area contributed by atoms with Crippen LogP contribution < -0.4 is 4.74 Å². The summed E-state index contributed by atoms with van der Waals surface area (Å²) in [6.07, 6.45) is 5.94. The highest BCUT2D eigenvalue weighted by Crippen LogP contribution is 2.19. The molecule has 1 aromatic heterocycles. The second-order valence-electron chi connectivity index (χ2n) is 4.52. The zero-order chi connectivity index (χ0) is 11.4. The molecular formula is C13H20N2O. The fourth-order valence-electron chi connectivity index (χ4n) is 2.25. The van der Waals surface area contributed by atoms with Crippen molar-refractivity contribution in [1.29, 1.82) is 0 Å². The minimum Gasteiger partial charge on any atom is -0.481 e. The van der Waals surface area contributed by atoms with Crippen LogP contribution in [0.3, 0.4) is 0 Å². The van der Waals surface area contributed by atoms with Gasteiger partial charge in [0.05, 0.1) is 7.11 Å². The quantitative estimate of drug-likeness (QED) is 0.782. The van der Waals surface area contributed by atoms with E-state index < -0.39 is 0 Å². The second kappa shape index (κ2) is 5.30. The first-order valence-electron chi connectivity index (χ1n) is 6.02. The largest absolute Gasteiger partial charge is 0.481 e. The van der Waals surface area contributed by atoms with Crippen molar-refractivity contribution < 1.29 is 4.74 Å². The van der Waals surface area contributed by atoms with Crippen molar-refractivity contribution in [3.8, 4) is 5.88 Å². The fraction of sp³-hybridized carbons (Fsp3) is 0.615. The maximum absolute atomic E-state index is 5.06. The first kappa shape index (κ1) is 11.4. The molecule has 1 aliphatic rings. The number of hydrogen-bond acceptors (Lipinski definition) is 3. The van der Waals surface area contributed by atoms with Crippen LogP contribution >= 0.6 is 0 Å². The van der Waals surface area contributed by atoms with Gasteiger partial charge in [0.25, 0.3) is 0 Å². The van der Waals surface area contributed by atoms with Crippen LogP contribution in [-0.2, 0) is 6.54 Å². The smallest absolute Gasteiger partial charge is 0.212 e. The van der Waals surface area contributed by atoms with Crippen molar-refractivity contribution in [2.24, 2.45) is 0 Å². The molecule has 0 spiro atoms. The van der Waals surface area contributed by atoms with Gasteiger partial charge in [0.1, 0.15) is 0 Å². The summed E-state index contributed by atoms with van der Waals surface area (Å²) in [6, 6.07) is 4.74. The van der Waals surface area contributed by atoms with Gasteiger partial charge in [0.2, 0.25) is 5.88 Å². The first-order valence-corrected chi connectivity index (χ1v) is 6.02. The molecule has 2 rings (SSSR count). The zero-order valence-corrected chi connectivity index (χ0v) is 10.1. The van der Waals surface area contributed by atoms with Crippen LogP contribution in [0.5, 0.6) is 5.88 Å². The van der Waals surface area contributed by atoms with Crippen LogP contribution in [0.2, 0.25) is 0 Å². The number of ether oxygens (including phenoxy) is 1. The van der Waals surface area contributed by atoms with E-state index in [2.05, 4.69) is 22.9 Å². The Labute approximate surface area is 97.4 Å². The predicted molar refractivity (Wildman–Crippen MR) is 64.5 cm³/mol. The van der Waals surface area contributed by atoms with Gasteiger partial charge in [-0.25, -0.2) is 4.98 Å². The summed E-state index contributed by atoms with van der Waals surface area (Å²) in [7, 11) is 1.65. The van der Waals surface area contributed by atoms with Gasteiger partial charge in [-0.15, -0.1) is 0 Å². The highest BCUT2D eigenvalue weighted by Gasteiger charge is 2.17. The van der Waals surface area contributed by atoms with E-state index in [0.717, 1.165) is 6.54 Å². The average molecular weight is 220 g/mol. The monoisotopic (exact) mass is 220 g/mol. The molecule has 88 valence electrons. The highest BCUT2D eigenvalue weighted by molar-refractivity contribution is 5.17. The van der Waals surface area contributed by atoms with Crippen molar-refractivity contribution in [3.05, 3.63) is 23.9 Å². The number of aromatic nitrogens is 1. The van der Waals surface area contributed by atoms with E-state index in [4.69, 9.17) is 4.74 Å². The van der Waals surface area contributed by atoms with Crippen LogP contribution in [0.4, 0.5) is 0 Å². The fourth-order valence-corrected chi connectivity index (χ4v) is 2.25. The van der Waals surface area contributed by atoms with E-state index in [-0.39, 0.29) is 0 Å². The van der Waals surface area contributed by atoms with Gasteiger partial charge in [-0.05, 0) is 31.9 Å². The average Bonchev–Trinajstić information content (AvgIpc) is 2.33. The van der Waals surface area contributed by atoms with Crippen molar-refractivity contribution in [2.75, 3.05) is 13.7 Å². The van der Waals surface area contributed by atoms with E-state index in [1.807, 2.05) is 12.3 Å². The molecule has 1 saturated heterocycles. The molecule has 0 amide bonds. The summed E-state index contributed by atoms with van der Waals surface area (Å²) in [5, 5.41) is 0. The lowest BCUT2D eigenvalue weighted by Gasteiger charge is -2.33. The normalized spacial score (nSPS) is 22.0. The van der Waals surface area contributed by atoms with Crippen molar-refractivity contribution >= 4 is 0 Å². The summed E-state index contributed by atoms with van der Waals surface area (Å²) in [4.78, 5) is 6.77. The second-order valence-corrected chi connectivity index (χ2v) is 4.52. The van der Waals surface area contributed by atoms with Crippen LogP contribution in [-0.4, -0.2) is 29.6 Å². The van der Waals surface area contributed by atoms with Crippen LogP contribution in [0.25, 0.3) is 0 Å². The van der Waals surface area contributed by atoms with Gasteiger partial charge in [0.15, 0.2) is 0 Å². The topological polar surface area (TPSA) is 25.4 Å². The number of likely N-dealkylation sites (tertiary alicyclic amines) is 1. The molecule has 16 heavy (non-hydrogen) atoms. The van der Waals surface area contributed by atoms with E-state index in [9.17, 15) is 0 Å². The van der Waals surface area contributed by atoms with E-state index in [1.165, 1.54) is 31.4 Å². The molecule has 0 N–H and O–H groups in total. The summed E-state index contributed by atoms with van der Waals surface area (Å²) >= 11 is 0.